The molecule has 0 N–H and O–H groups in total. The number of rotatable bonds is 3. The summed E-state index contributed by atoms with van der Waals surface area (Å²) in [6.07, 6.45) is 5.81. The Labute approximate surface area is 174 Å². The first-order chi connectivity index (χ1) is 13.5. The topological polar surface area (TPSA) is 26.8 Å². The minimum atomic E-state index is -0.0107. The van der Waals surface area contributed by atoms with Crippen molar-refractivity contribution in [2.75, 3.05) is 29.9 Å². The second kappa shape index (κ2) is 7.94. The van der Waals surface area contributed by atoms with Crippen LogP contribution in [0, 0.1) is 6.92 Å². The fraction of sp³-hybridized carbons (Fsp3) is 0.304. The van der Waals surface area contributed by atoms with Crippen molar-refractivity contribution in [2.24, 2.45) is 0 Å². The summed E-state index contributed by atoms with van der Waals surface area (Å²) in [6.45, 7) is 4.27. The summed E-state index contributed by atoms with van der Waals surface area (Å²) < 4.78 is 0.798. The summed E-state index contributed by atoms with van der Waals surface area (Å²) in [5.41, 5.74) is 5.02. The van der Waals surface area contributed by atoms with E-state index in [9.17, 15) is 4.79 Å². The fourth-order valence-corrected chi connectivity index (χ4v) is 4.40. The van der Waals surface area contributed by atoms with Crippen LogP contribution >= 0.6 is 0 Å². The van der Waals surface area contributed by atoms with Gasteiger partial charge in [-0.05, 0) is 0 Å². The van der Waals surface area contributed by atoms with Gasteiger partial charge in [0.15, 0.2) is 0 Å². The summed E-state index contributed by atoms with van der Waals surface area (Å²) in [7, 11) is 1.93. The number of anilines is 2. The molecule has 0 unspecified atom stereocenters. The van der Waals surface area contributed by atoms with Crippen molar-refractivity contribution < 1.29 is 4.79 Å². The molecule has 28 heavy (non-hydrogen) atoms. The van der Waals surface area contributed by atoms with Gasteiger partial charge in [0.25, 0.3) is 0 Å². The van der Waals surface area contributed by atoms with Crippen molar-refractivity contribution in [2.45, 2.75) is 26.2 Å². The third-order valence-corrected chi connectivity index (χ3v) is 6.41. The molecule has 0 atom stereocenters. The Bertz CT molecular complexity index is 929. The molecule has 2 heterocycles. The number of carbonyl (C=O) groups is 1. The van der Waals surface area contributed by atoms with E-state index in [4.69, 9.17) is 0 Å². The zero-order chi connectivity index (χ0) is 19.7. The van der Waals surface area contributed by atoms with Gasteiger partial charge in [0.1, 0.15) is 0 Å². The van der Waals surface area contributed by atoms with E-state index in [1.807, 2.05) is 49.2 Å². The predicted molar refractivity (Wildman–Crippen MR) is 118 cm³/mol. The third-order valence-electron chi connectivity index (χ3n) is 5.45. The molecule has 0 spiro atoms. The van der Waals surface area contributed by atoms with Crippen LogP contribution in [0.2, 0.25) is 0 Å². The normalized spacial score (nSPS) is 19.1. The number of hydrogen-bond donors (Lipinski definition) is 0. The molecule has 0 saturated carbocycles. The quantitative estimate of drug-likeness (QED) is 0.542. The van der Waals surface area contributed by atoms with Crippen molar-refractivity contribution >= 4 is 43.6 Å². The molecule has 4 nitrogen and oxygen atoms in total. The number of benzene rings is 2. The first-order valence-electron chi connectivity index (χ1n) is 9.80. The molecular weight excluding hydrogens is 413 g/mol. The fourth-order valence-electron chi connectivity index (χ4n) is 3.80. The molecule has 0 aromatic heterocycles. The summed E-state index contributed by atoms with van der Waals surface area (Å²) in [4.78, 5) is 19.3. The Morgan fingerprint density at radius 3 is 2.39 bits per heavy atom. The summed E-state index contributed by atoms with van der Waals surface area (Å²) in [5.74, 6) is -0.0107. The Morgan fingerprint density at radius 2 is 1.68 bits per heavy atom. The van der Waals surface area contributed by atoms with Gasteiger partial charge in [-0.3, -0.25) is 0 Å². The van der Waals surface area contributed by atoms with E-state index in [2.05, 4.69) is 44.7 Å². The average molecular weight is 438 g/mol. The Balaban J connectivity index is 1.63. The van der Waals surface area contributed by atoms with E-state index in [1.165, 1.54) is 30.5 Å². The van der Waals surface area contributed by atoms with E-state index in [1.54, 1.807) is 4.90 Å². The van der Waals surface area contributed by atoms with Crippen molar-refractivity contribution in [3.63, 3.8) is 0 Å². The van der Waals surface area contributed by atoms with Gasteiger partial charge < -0.3 is 0 Å². The van der Waals surface area contributed by atoms with Gasteiger partial charge in [0, 0.05) is 0 Å². The van der Waals surface area contributed by atoms with Crippen LogP contribution in [0.25, 0.3) is 6.08 Å². The SMILES string of the molecule is Cc1ccc(N2C(=O)C(=Cc3cccc(N4CCCCC4)c3)N(C)C2=[Se])cc1. The van der Waals surface area contributed by atoms with Crippen LogP contribution < -0.4 is 9.80 Å². The Morgan fingerprint density at radius 1 is 0.964 bits per heavy atom. The molecule has 0 bridgehead atoms. The van der Waals surface area contributed by atoms with Gasteiger partial charge in [-0.25, -0.2) is 0 Å². The molecule has 0 radical (unpaired) electrons. The van der Waals surface area contributed by atoms with Crippen LogP contribution in [0.1, 0.15) is 30.4 Å². The summed E-state index contributed by atoms with van der Waals surface area (Å²) >= 11 is 3.06. The first-order valence-corrected chi connectivity index (χ1v) is 10.7. The van der Waals surface area contributed by atoms with Gasteiger partial charge in [0.05, 0.1) is 0 Å². The monoisotopic (exact) mass is 439 g/mol. The van der Waals surface area contributed by atoms with Gasteiger partial charge in [-0.2, -0.15) is 0 Å². The van der Waals surface area contributed by atoms with E-state index >= 15 is 0 Å². The second-order valence-corrected chi connectivity index (χ2v) is 8.26. The first kappa shape index (κ1) is 19.0. The van der Waals surface area contributed by atoms with Crippen molar-refractivity contribution in [3.8, 4) is 0 Å². The van der Waals surface area contributed by atoms with Crippen molar-refractivity contribution in [3.05, 3.63) is 65.4 Å². The van der Waals surface area contributed by atoms with Crippen LogP contribution in [-0.4, -0.2) is 51.2 Å². The molecule has 2 aliphatic rings. The number of hydrogen-bond acceptors (Lipinski definition) is 3. The van der Waals surface area contributed by atoms with Crippen LogP contribution in [0.15, 0.2) is 54.2 Å². The van der Waals surface area contributed by atoms with Gasteiger partial charge in [-0.15, -0.1) is 0 Å². The Kier molecular flexibility index (Phi) is 5.38. The van der Waals surface area contributed by atoms with E-state index in [0.717, 1.165) is 29.0 Å². The van der Waals surface area contributed by atoms with E-state index in [0.29, 0.717) is 5.70 Å². The molecule has 0 aliphatic carbocycles. The van der Waals surface area contributed by atoms with E-state index in [-0.39, 0.29) is 5.91 Å². The third kappa shape index (κ3) is 3.65. The maximum atomic E-state index is 13.2. The van der Waals surface area contributed by atoms with Crippen LogP contribution in [0.4, 0.5) is 11.4 Å². The van der Waals surface area contributed by atoms with Gasteiger partial charge >= 0.3 is 175 Å². The molecule has 1 amide bonds. The zero-order valence-corrected chi connectivity index (χ0v) is 18.1. The van der Waals surface area contributed by atoms with Crippen molar-refractivity contribution in [1.29, 1.82) is 0 Å². The van der Waals surface area contributed by atoms with Crippen LogP contribution in [0.5, 0.6) is 0 Å². The number of amides is 1. The number of carbonyl (C=O) groups excluding carboxylic acids is 1. The van der Waals surface area contributed by atoms with Gasteiger partial charge in [-0.1, -0.05) is 0 Å². The molecule has 2 aromatic carbocycles. The molecule has 2 saturated heterocycles. The minimum absolute atomic E-state index is 0.0107. The van der Waals surface area contributed by atoms with Crippen LogP contribution in [0.3, 0.4) is 0 Å². The molecule has 144 valence electrons. The molecular formula is C23H25N3OSe. The number of piperidine rings is 1. The van der Waals surface area contributed by atoms with Crippen molar-refractivity contribution in [1.82, 2.24) is 4.90 Å². The van der Waals surface area contributed by atoms with Crippen LogP contribution in [-0.2, 0) is 4.79 Å². The number of nitrogens with zero attached hydrogens (tertiary/aromatic N) is 3. The summed E-state index contributed by atoms with van der Waals surface area (Å²) in [6, 6.07) is 16.5. The molecule has 4 rings (SSSR count). The Hall–Kier alpha value is -2.36. The molecule has 2 fully saturated rings. The van der Waals surface area contributed by atoms with E-state index < -0.39 is 0 Å². The standard InChI is InChI=1S/C23H25N3OSe/c1-17-9-11-19(12-10-17)26-22(27)21(24(2)23(26)28)16-18-7-6-8-20(15-18)25-13-4-3-5-14-25/h6-12,15-16H,3-5,13-14H2,1-2H3. The summed E-state index contributed by atoms with van der Waals surface area (Å²) in [5, 5.41) is 0. The molecule has 2 aromatic rings. The zero-order valence-electron chi connectivity index (χ0n) is 16.4. The number of likely N-dealkylation sites (N-methyl/N-ethyl adjacent to an activating group) is 1. The predicted octanol–water partition coefficient (Wildman–Crippen LogP) is 3.56. The maximum absolute atomic E-state index is 13.2. The molecule has 5 heteroatoms. The molecule has 2 aliphatic heterocycles. The average Bonchev–Trinajstić information content (AvgIpc) is 2.93. The number of aryl methyl sites for hydroxylation is 1. The second-order valence-electron chi connectivity index (χ2n) is 7.49. The van der Waals surface area contributed by atoms with Gasteiger partial charge in [0.2, 0.25) is 0 Å².